The van der Waals surface area contributed by atoms with Crippen molar-refractivity contribution < 1.29 is 4.42 Å². The summed E-state index contributed by atoms with van der Waals surface area (Å²) in [6.45, 7) is 24.1. The van der Waals surface area contributed by atoms with Gasteiger partial charge in [-0.2, -0.15) is 0 Å². The van der Waals surface area contributed by atoms with Crippen LogP contribution in [-0.2, 0) is 21.7 Å². The predicted molar refractivity (Wildman–Crippen MR) is 275 cm³/mol. The lowest BCUT2D eigenvalue weighted by Crippen LogP contribution is -2.40. The molecule has 3 aliphatic rings. The van der Waals surface area contributed by atoms with Gasteiger partial charge < -0.3 is 14.6 Å². The largest absolute Gasteiger partial charge is 0.469 e. The zero-order valence-electron chi connectivity index (χ0n) is 39.5. The molecule has 64 heavy (non-hydrogen) atoms. The van der Waals surface area contributed by atoms with E-state index in [1.54, 1.807) is 0 Å². The highest BCUT2D eigenvalue weighted by Gasteiger charge is 2.42. The lowest BCUT2D eigenvalue weighted by molar-refractivity contribution is 0.332. The molecule has 1 aliphatic heterocycles. The fourth-order valence-electron chi connectivity index (χ4n) is 11.6. The molecule has 0 saturated carbocycles. The molecule has 2 aliphatic carbocycles. The molecule has 0 radical (unpaired) electrons. The van der Waals surface area contributed by atoms with E-state index in [1.165, 1.54) is 107 Å². The van der Waals surface area contributed by atoms with Crippen LogP contribution in [0.4, 0.5) is 28.4 Å². The van der Waals surface area contributed by atoms with Crippen LogP contribution in [0.2, 0.25) is 0 Å². The van der Waals surface area contributed by atoms with Gasteiger partial charge in [0.1, 0.15) is 5.58 Å². The molecular weight excluding hydrogens is 775 g/mol. The van der Waals surface area contributed by atoms with Crippen LogP contribution in [0.3, 0.4) is 0 Å². The van der Waals surface area contributed by atoms with Crippen LogP contribution >= 0.6 is 0 Å². The molecule has 11 rings (SSSR count). The van der Waals surface area contributed by atoms with Gasteiger partial charge in [-0.15, -0.1) is 0 Å². The molecule has 0 bridgehead atoms. The number of rotatable bonds is 5. The van der Waals surface area contributed by atoms with Gasteiger partial charge in [-0.3, -0.25) is 0 Å². The summed E-state index contributed by atoms with van der Waals surface area (Å²) in [5.74, 6) is 0. The van der Waals surface area contributed by atoms with Crippen molar-refractivity contribution in [3.05, 3.63) is 161 Å². The monoisotopic (exact) mass is 836 g/mol. The highest BCUT2D eigenvalue weighted by Crippen LogP contribution is 2.53. The first-order chi connectivity index (χ1) is 30.5. The smallest absolute Gasteiger partial charge is 0.244 e. The minimum atomic E-state index is 0.0580. The van der Waals surface area contributed by atoms with Gasteiger partial charge in [0.2, 0.25) is 7.28 Å². The fraction of sp³-hybridized carbons (Fsp3) is 0.300. The second-order valence-corrected chi connectivity index (χ2v) is 22.1. The van der Waals surface area contributed by atoms with E-state index in [2.05, 4.69) is 207 Å². The summed E-state index contributed by atoms with van der Waals surface area (Å²) in [5, 5.41) is 7.59. The molecule has 0 atom stereocenters. The first kappa shape index (κ1) is 40.8. The second kappa shape index (κ2) is 14.3. The van der Waals surface area contributed by atoms with Crippen LogP contribution in [0, 0.1) is 13.8 Å². The van der Waals surface area contributed by atoms with E-state index in [-0.39, 0.29) is 21.7 Å². The van der Waals surface area contributed by atoms with E-state index in [1.807, 2.05) is 0 Å². The zero-order valence-corrected chi connectivity index (χ0v) is 39.5. The standard InChI is InChI=1S/C60H61BN2O/c1-36-30-44(53-42-19-15-14-18-40(42)22-25-49(53)62-41-23-20-39(21-24-41)38-16-12-11-13-17-38)54-51(31-36)63(50-34-47-45(32-37(50)2)57(3,4)26-28-59(47,7)8)55-43-33-46-48(35-52(43)64-56(55)61-54)60(9,10)29-27-58(46,5)6/h11-25,30-35,61-62H,26-29H2,1-10H3. The van der Waals surface area contributed by atoms with Crippen LogP contribution in [0.5, 0.6) is 0 Å². The fourth-order valence-corrected chi connectivity index (χ4v) is 11.6. The first-order valence-corrected chi connectivity index (χ1v) is 23.6. The molecule has 2 heterocycles. The molecule has 0 fully saturated rings. The Bertz CT molecular complexity index is 3180. The average Bonchev–Trinajstić information content (AvgIpc) is 3.63. The Morgan fingerprint density at radius 1 is 0.547 bits per heavy atom. The van der Waals surface area contributed by atoms with Crippen LogP contribution in [-0.4, -0.2) is 7.28 Å². The van der Waals surface area contributed by atoms with Gasteiger partial charge in [0.05, 0.1) is 11.3 Å². The van der Waals surface area contributed by atoms with Gasteiger partial charge in [0.15, 0.2) is 0 Å². The number of aryl methyl sites for hydroxylation is 2. The van der Waals surface area contributed by atoms with Crippen molar-refractivity contribution >= 4 is 68.6 Å². The van der Waals surface area contributed by atoms with Gasteiger partial charge in [0.25, 0.3) is 0 Å². The van der Waals surface area contributed by atoms with Crippen molar-refractivity contribution in [2.45, 2.75) is 117 Å². The lowest BCUT2D eigenvalue weighted by Gasteiger charge is -2.43. The quantitative estimate of drug-likeness (QED) is 0.175. The molecular formula is C60H61BN2O. The molecule has 320 valence electrons. The number of nitrogens with one attached hydrogen (secondary N) is 1. The minimum absolute atomic E-state index is 0.0580. The van der Waals surface area contributed by atoms with E-state index in [0.29, 0.717) is 7.28 Å². The molecule has 0 saturated heterocycles. The highest BCUT2D eigenvalue weighted by atomic mass is 16.3. The summed E-state index contributed by atoms with van der Waals surface area (Å²) in [7, 11) is 0.694. The van der Waals surface area contributed by atoms with Gasteiger partial charge in [-0.1, -0.05) is 140 Å². The van der Waals surface area contributed by atoms with E-state index in [4.69, 9.17) is 4.42 Å². The van der Waals surface area contributed by atoms with Crippen LogP contribution in [0.15, 0.2) is 132 Å². The summed E-state index contributed by atoms with van der Waals surface area (Å²) in [4.78, 5) is 2.62. The van der Waals surface area contributed by atoms with E-state index < -0.39 is 0 Å². The number of hydrogen-bond donors (Lipinski definition) is 1. The topological polar surface area (TPSA) is 28.4 Å². The van der Waals surface area contributed by atoms with Crippen LogP contribution in [0.25, 0.3) is 44.0 Å². The summed E-state index contributed by atoms with van der Waals surface area (Å²) in [6, 6.07) is 47.8. The molecule has 1 N–H and O–H groups in total. The molecule has 3 nitrogen and oxygen atoms in total. The van der Waals surface area contributed by atoms with Crippen molar-refractivity contribution in [1.82, 2.24) is 0 Å². The van der Waals surface area contributed by atoms with Gasteiger partial charge in [-0.05, 0) is 170 Å². The first-order valence-electron chi connectivity index (χ1n) is 23.6. The molecule has 0 unspecified atom stereocenters. The van der Waals surface area contributed by atoms with Crippen molar-refractivity contribution in [3.8, 4) is 22.3 Å². The third kappa shape index (κ3) is 6.46. The van der Waals surface area contributed by atoms with Crippen LogP contribution in [0.1, 0.15) is 114 Å². The maximum absolute atomic E-state index is 7.28. The molecule has 1 aromatic heterocycles. The number of nitrogens with zero attached hydrogens (tertiary/aromatic N) is 1. The maximum atomic E-state index is 7.28. The Morgan fingerprint density at radius 2 is 1.14 bits per heavy atom. The Hall–Kier alpha value is -6.00. The predicted octanol–water partition coefficient (Wildman–Crippen LogP) is 15.1. The molecule has 8 aromatic rings. The van der Waals surface area contributed by atoms with E-state index >= 15 is 0 Å². The van der Waals surface area contributed by atoms with Gasteiger partial charge in [-0.25, -0.2) is 0 Å². The van der Waals surface area contributed by atoms with Crippen molar-refractivity contribution in [2.24, 2.45) is 0 Å². The Kier molecular flexibility index (Phi) is 9.08. The zero-order chi connectivity index (χ0) is 44.5. The number of fused-ring (bicyclic) bond motifs is 7. The average molecular weight is 837 g/mol. The molecule has 4 heteroatoms. The molecule has 0 amide bonds. The number of hydrogen-bond acceptors (Lipinski definition) is 3. The SMILES string of the molecule is Cc1cc(-c2c(Nc3ccc(-c4ccccc4)cc3)ccc3ccccc23)c2c(c1)N(c1cc3c(cc1C)C(C)(C)CCC3(C)C)c1c(oc3cc4c(cc13)C(C)(C)CCC4(C)C)B2. The number of furan rings is 1. The van der Waals surface area contributed by atoms with Crippen molar-refractivity contribution in [2.75, 3.05) is 10.2 Å². The summed E-state index contributed by atoms with van der Waals surface area (Å²) < 4.78 is 7.28. The molecule has 0 spiro atoms. The summed E-state index contributed by atoms with van der Waals surface area (Å²) >= 11 is 0. The second-order valence-electron chi connectivity index (χ2n) is 22.1. The van der Waals surface area contributed by atoms with E-state index in [0.717, 1.165) is 35.5 Å². The summed E-state index contributed by atoms with van der Waals surface area (Å²) in [5.41, 5.74) is 22.7. The molecule has 7 aromatic carbocycles. The number of benzene rings is 7. The lowest BCUT2D eigenvalue weighted by atomic mass is 9.60. The van der Waals surface area contributed by atoms with Crippen molar-refractivity contribution in [3.63, 3.8) is 0 Å². The summed E-state index contributed by atoms with van der Waals surface area (Å²) in [6.07, 6.45) is 4.68. The normalized spacial score (nSPS) is 17.6. The Morgan fingerprint density at radius 3 is 1.83 bits per heavy atom. The van der Waals surface area contributed by atoms with Crippen molar-refractivity contribution in [1.29, 1.82) is 0 Å². The number of anilines is 5. The van der Waals surface area contributed by atoms with Gasteiger partial charge >= 0.3 is 0 Å². The highest BCUT2D eigenvalue weighted by molar-refractivity contribution is 6.73. The Balaban J connectivity index is 1.16. The van der Waals surface area contributed by atoms with E-state index in [9.17, 15) is 0 Å². The minimum Gasteiger partial charge on any atom is -0.469 e. The van der Waals surface area contributed by atoms with Gasteiger partial charge in [0, 0.05) is 33.7 Å². The third-order valence-electron chi connectivity index (χ3n) is 15.8. The Labute approximate surface area is 381 Å². The third-order valence-corrected chi connectivity index (χ3v) is 15.8. The van der Waals surface area contributed by atoms with Crippen LogP contribution < -0.4 is 21.3 Å². The maximum Gasteiger partial charge on any atom is 0.244 e.